The van der Waals surface area contributed by atoms with Gasteiger partial charge in [-0.25, -0.2) is 0 Å². The molecule has 0 bridgehead atoms. The second kappa shape index (κ2) is 5.77. The van der Waals surface area contributed by atoms with E-state index in [0.29, 0.717) is 16.8 Å². The van der Waals surface area contributed by atoms with Crippen molar-refractivity contribution in [2.45, 2.75) is 36.7 Å². The molecule has 4 rings (SSSR count). The van der Waals surface area contributed by atoms with Crippen molar-refractivity contribution in [3.05, 3.63) is 37.3 Å². The van der Waals surface area contributed by atoms with Crippen molar-refractivity contribution in [1.29, 1.82) is 0 Å². The van der Waals surface area contributed by atoms with Gasteiger partial charge in [0.2, 0.25) is 5.91 Å². The number of hydrogen-bond donors (Lipinski definition) is 2. The third kappa shape index (κ3) is 2.61. The number of amides is 1. The minimum absolute atomic E-state index is 0.0519. The topological polar surface area (TPSA) is 84.0 Å². The molecule has 1 saturated carbocycles. The van der Waals surface area contributed by atoms with Crippen LogP contribution in [0.3, 0.4) is 0 Å². The zero-order valence-corrected chi connectivity index (χ0v) is 15.4. The highest BCUT2D eigenvalue weighted by molar-refractivity contribution is 9.10. The Bertz CT molecular complexity index is 963. The van der Waals surface area contributed by atoms with Crippen LogP contribution in [0.5, 0.6) is 0 Å². The number of rotatable bonds is 3. The molecule has 1 aliphatic heterocycles. The lowest BCUT2D eigenvalue weighted by atomic mass is 10.0. The van der Waals surface area contributed by atoms with Crippen molar-refractivity contribution >= 4 is 44.6 Å². The van der Waals surface area contributed by atoms with Crippen LogP contribution in [0.2, 0.25) is 0 Å². The molecule has 2 atom stereocenters. The van der Waals surface area contributed by atoms with Gasteiger partial charge < -0.3 is 10.3 Å². The lowest BCUT2D eigenvalue weighted by Gasteiger charge is -2.30. The molecule has 0 spiro atoms. The number of nitrogens with one attached hydrogen (secondary N) is 2. The number of aromatic nitrogens is 2. The van der Waals surface area contributed by atoms with Crippen LogP contribution in [0.4, 0.5) is 0 Å². The van der Waals surface area contributed by atoms with Gasteiger partial charge in [0.05, 0.1) is 23.0 Å². The van der Waals surface area contributed by atoms with E-state index < -0.39 is 11.1 Å². The molecule has 0 radical (unpaired) electrons. The standard InChI is InChI=1S/C16H16BrN3O3S/c1-7(14(21)18-9-2-3-9)11-6-24-12-5-8(17)4-10-13(12)20(11)16(23)15(22)19-10/h4-5,7,9,11H,2-3,6H2,1H3,(H,18,21)(H,19,22). The van der Waals surface area contributed by atoms with Gasteiger partial charge in [-0.1, -0.05) is 22.9 Å². The Balaban J connectivity index is 1.86. The Morgan fingerprint density at radius 2 is 2.17 bits per heavy atom. The molecular weight excluding hydrogens is 394 g/mol. The second-order valence-electron chi connectivity index (χ2n) is 6.38. The van der Waals surface area contributed by atoms with Crippen molar-refractivity contribution in [3.8, 4) is 0 Å². The van der Waals surface area contributed by atoms with Crippen molar-refractivity contribution in [2.75, 3.05) is 5.75 Å². The van der Waals surface area contributed by atoms with Crippen molar-refractivity contribution in [1.82, 2.24) is 14.9 Å². The normalized spacial score (nSPS) is 20.8. The van der Waals surface area contributed by atoms with E-state index in [0.717, 1.165) is 22.2 Å². The molecule has 2 unspecified atom stereocenters. The summed E-state index contributed by atoms with van der Waals surface area (Å²) in [6.45, 7) is 1.83. The van der Waals surface area contributed by atoms with Gasteiger partial charge >= 0.3 is 11.1 Å². The van der Waals surface area contributed by atoms with Crippen LogP contribution in [0.25, 0.3) is 11.0 Å². The number of thioether (sulfide) groups is 1. The molecule has 24 heavy (non-hydrogen) atoms. The third-order valence-electron chi connectivity index (χ3n) is 4.60. The van der Waals surface area contributed by atoms with Crippen molar-refractivity contribution < 1.29 is 4.79 Å². The Labute approximate surface area is 150 Å². The van der Waals surface area contributed by atoms with E-state index in [1.54, 1.807) is 17.8 Å². The zero-order valence-electron chi connectivity index (χ0n) is 13.0. The molecule has 8 heteroatoms. The van der Waals surface area contributed by atoms with E-state index in [1.807, 2.05) is 13.0 Å². The maximum atomic E-state index is 12.5. The number of halogens is 1. The summed E-state index contributed by atoms with van der Waals surface area (Å²) in [5.41, 5.74) is 0.0618. The molecule has 1 aromatic carbocycles. The SMILES string of the molecule is CC(C(=O)NC1CC1)C1CSc2cc(Br)cc3[nH]c(=O)c(=O)n1c23. The van der Waals surface area contributed by atoms with E-state index in [4.69, 9.17) is 0 Å². The molecule has 2 N–H and O–H groups in total. The highest BCUT2D eigenvalue weighted by Gasteiger charge is 2.34. The molecule has 2 aliphatic rings. The average Bonchev–Trinajstić information content (AvgIpc) is 3.35. The number of benzene rings is 1. The Morgan fingerprint density at radius 1 is 1.42 bits per heavy atom. The largest absolute Gasteiger partial charge is 0.353 e. The van der Waals surface area contributed by atoms with Gasteiger partial charge in [-0.3, -0.25) is 19.0 Å². The molecule has 2 heterocycles. The van der Waals surface area contributed by atoms with Gasteiger partial charge in [0.1, 0.15) is 0 Å². The van der Waals surface area contributed by atoms with Gasteiger partial charge in [0.25, 0.3) is 0 Å². The Hall–Kier alpha value is -1.54. The van der Waals surface area contributed by atoms with E-state index >= 15 is 0 Å². The van der Waals surface area contributed by atoms with Gasteiger partial charge in [0, 0.05) is 21.2 Å². The van der Waals surface area contributed by atoms with Crippen LogP contribution in [-0.2, 0) is 4.79 Å². The van der Waals surface area contributed by atoms with Crippen molar-refractivity contribution in [3.63, 3.8) is 0 Å². The predicted molar refractivity (Wildman–Crippen MR) is 96.6 cm³/mol. The second-order valence-corrected chi connectivity index (χ2v) is 8.36. The number of carbonyl (C=O) groups is 1. The number of aromatic amines is 1. The summed E-state index contributed by atoms with van der Waals surface area (Å²) in [4.78, 5) is 40.6. The summed E-state index contributed by atoms with van der Waals surface area (Å²) >= 11 is 5.04. The molecule has 0 saturated heterocycles. The zero-order chi connectivity index (χ0) is 17.0. The Morgan fingerprint density at radius 3 is 2.88 bits per heavy atom. The third-order valence-corrected chi connectivity index (χ3v) is 6.19. The van der Waals surface area contributed by atoms with E-state index in [1.165, 1.54) is 4.57 Å². The van der Waals surface area contributed by atoms with Gasteiger partial charge in [0.15, 0.2) is 0 Å². The molecule has 1 aliphatic carbocycles. The first-order valence-electron chi connectivity index (χ1n) is 7.87. The fourth-order valence-corrected chi connectivity index (χ4v) is 5.04. The molecule has 2 aromatic rings. The highest BCUT2D eigenvalue weighted by Crippen LogP contribution is 2.39. The lowest BCUT2D eigenvalue weighted by Crippen LogP contribution is -2.45. The summed E-state index contributed by atoms with van der Waals surface area (Å²) in [6.07, 6.45) is 2.04. The van der Waals surface area contributed by atoms with Gasteiger partial charge in [-0.15, -0.1) is 11.8 Å². The minimum Gasteiger partial charge on any atom is -0.353 e. The molecule has 1 amide bonds. The number of nitrogens with zero attached hydrogens (tertiary/aromatic N) is 1. The van der Waals surface area contributed by atoms with E-state index in [9.17, 15) is 14.4 Å². The maximum Gasteiger partial charge on any atom is 0.317 e. The van der Waals surface area contributed by atoms with Crippen LogP contribution >= 0.6 is 27.7 Å². The van der Waals surface area contributed by atoms with Crippen LogP contribution in [0, 0.1) is 5.92 Å². The first kappa shape index (κ1) is 16.0. The minimum atomic E-state index is -0.654. The molecule has 1 fully saturated rings. The number of hydrogen-bond acceptors (Lipinski definition) is 4. The van der Waals surface area contributed by atoms with Crippen LogP contribution in [0.1, 0.15) is 25.8 Å². The van der Waals surface area contributed by atoms with Crippen LogP contribution < -0.4 is 16.4 Å². The number of H-pyrrole nitrogens is 1. The van der Waals surface area contributed by atoms with E-state index in [2.05, 4.69) is 26.2 Å². The molecular formula is C16H16BrN3O3S. The van der Waals surface area contributed by atoms with Crippen LogP contribution in [-0.4, -0.2) is 27.3 Å². The average molecular weight is 410 g/mol. The van der Waals surface area contributed by atoms with Gasteiger partial charge in [-0.05, 0) is 25.0 Å². The molecule has 126 valence electrons. The quantitative estimate of drug-likeness (QED) is 0.759. The first-order chi connectivity index (χ1) is 11.5. The first-order valence-corrected chi connectivity index (χ1v) is 9.65. The predicted octanol–water partition coefficient (Wildman–Crippen LogP) is 2.01. The maximum absolute atomic E-state index is 12.5. The summed E-state index contributed by atoms with van der Waals surface area (Å²) in [7, 11) is 0. The van der Waals surface area contributed by atoms with Crippen molar-refractivity contribution in [2.24, 2.45) is 5.92 Å². The highest BCUT2D eigenvalue weighted by atomic mass is 79.9. The summed E-state index contributed by atoms with van der Waals surface area (Å²) < 4.78 is 2.36. The monoisotopic (exact) mass is 409 g/mol. The summed E-state index contributed by atoms with van der Waals surface area (Å²) in [5, 5.41) is 2.99. The van der Waals surface area contributed by atoms with Gasteiger partial charge in [-0.2, -0.15) is 0 Å². The fourth-order valence-electron chi connectivity index (χ4n) is 3.08. The smallest absolute Gasteiger partial charge is 0.317 e. The summed E-state index contributed by atoms with van der Waals surface area (Å²) in [6, 6.07) is 3.66. The summed E-state index contributed by atoms with van der Waals surface area (Å²) in [5.74, 6) is 0.155. The van der Waals surface area contributed by atoms with E-state index in [-0.39, 0.29) is 23.9 Å². The Kier molecular flexibility index (Phi) is 3.84. The van der Waals surface area contributed by atoms with Crippen LogP contribution in [0.15, 0.2) is 31.1 Å². The fraction of sp³-hybridized carbons (Fsp3) is 0.438. The number of carbonyl (C=O) groups excluding carboxylic acids is 1. The molecule has 6 nitrogen and oxygen atoms in total. The molecule has 1 aromatic heterocycles. The lowest BCUT2D eigenvalue weighted by molar-refractivity contribution is -0.125.